The summed E-state index contributed by atoms with van der Waals surface area (Å²) in [4.78, 5) is 22.1. The smallest absolute Gasteiger partial charge is 0.236 e. The Morgan fingerprint density at radius 1 is 1.19 bits per heavy atom. The van der Waals surface area contributed by atoms with E-state index in [1.54, 1.807) is 23.1 Å². The van der Waals surface area contributed by atoms with E-state index in [0.717, 1.165) is 49.2 Å². The Morgan fingerprint density at radius 2 is 1.89 bits per heavy atom. The van der Waals surface area contributed by atoms with E-state index in [4.69, 9.17) is 0 Å². The fraction of sp³-hybridized carbons (Fsp3) is 0.524. The van der Waals surface area contributed by atoms with E-state index in [1.165, 1.54) is 5.56 Å². The number of carbonyl (C=O) groups excluding carboxylic acids is 1. The van der Waals surface area contributed by atoms with Crippen molar-refractivity contribution in [3.8, 4) is 0 Å². The summed E-state index contributed by atoms with van der Waals surface area (Å²) in [5.41, 5.74) is 2.43. The summed E-state index contributed by atoms with van der Waals surface area (Å²) in [6.07, 6.45) is 0. The van der Waals surface area contributed by atoms with Crippen molar-refractivity contribution in [1.82, 2.24) is 14.8 Å². The molecule has 0 unspecified atom stereocenters. The fourth-order valence-corrected chi connectivity index (χ4v) is 5.17. The third-order valence-corrected chi connectivity index (χ3v) is 7.28. The van der Waals surface area contributed by atoms with Crippen LogP contribution < -0.4 is 0 Å². The quantitative estimate of drug-likeness (QED) is 0.699. The summed E-state index contributed by atoms with van der Waals surface area (Å²) in [5, 5.41) is 3.29. The highest BCUT2D eigenvalue weighted by atomic mass is 32.2. The maximum atomic E-state index is 13.1. The van der Waals surface area contributed by atoms with Crippen molar-refractivity contribution >= 4 is 29.0 Å². The van der Waals surface area contributed by atoms with Gasteiger partial charge < -0.3 is 4.90 Å². The molecule has 2 heterocycles. The molecule has 0 N–H and O–H groups in total. The third-order valence-electron chi connectivity index (χ3n) is 4.86. The Labute approximate surface area is 171 Å². The second-order valence-electron chi connectivity index (χ2n) is 7.42. The van der Waals surface area contributed by atoms with Crippen LogP contribution in [-0.4, -0.2) is 52.1 Å². The molecule has 1 saturated heterocycles. The molecule has 1 aromatic heterocycles. The number of nitrogens with zero attached hydrogens (tertiary/aromatic N) is 3. The second-order valence-corrected chi connectivity index (χ2v) is 9.61. The summed E-state index contributed by atoms with van der Waals surface area (Å²) in [7, 11) is 0. The Morgan fingerprint density at radius 3 is 2.48 bits per heavy atom. The molecule has 1 aliphatic rings. The summed E-state index contributed by atoms with van der Waals surface area (Å²) in [6, 6.07) is 10.4. The van der Waals surface area contributed by atoms with Gasteiger partial charge in [0.1, 0.15) is 0 Å². The number of amides is 1. The van der Waals surface area contributed by atoms with Gasteiger partial charge in [0.25, 0.3) is 0 Å². The summed E-state index contributed by atoms with van der Waals surface area (Å²) < 4.78 is 0. The number of aromatic nitrogens is 1. The van der Waals surface area contributed by atoms with Gasteiger partial charge >= 0.3 is 0 Å². The molecule has 146 valence electrons. The van der Waals surface area contributed by atoms with Crippen LogP contribution in [-0.2, 0) is 17.1 Å². The van der Waals surface area contributed by atoms with E-state index in [2.05, 4.69) is 58.3 Å². The first-order chi connectivity index (χ1) is 13.0. The number of rotatable bonds is 7. The molecule has 1 aliphatic heterocycles. The molecule has 1 aromatic carbocycles. The van der Waals surface area contributed by atoms with Crippen molar-refractivity contribution < 1.29 is 4.79 Å². The summed E-state index contributed by atoms with van der Waals surface area (Å²) in [5.74, 6) is 1.52. The molecule has 1 atom stereocenters. The molecule has 1 amide bonds. The molecule has 0 bridgehead atoms. The SMILES string of the molecule is Cc1nc(CN2CCN(C(=O)[C@@H](SCc3ccccc3)C(C)C)CC2)cs1. The molecule has 0 aliphatic carbocycles. The predicted octanol–water partition coefficient (Wildman–Crippen LogP) is 4.05. The Balaban J connectivity index is 1.51. The van der Waals surface area contributed by atoms with Crippen molar-refractivity contribution in [3.05, 3.63) is 52.0 Å². The van der Waals surface area contributed by atoms with Crippen molar-refractivity contribution in [2.24, 2.45) is 5.92 Å². The highest BCUT2D eigenvalue weighted by molar-refractivity contribution is 7.99. The zero-order valence-electron chi connectivity index (χ0n) is 16.4. The van der Waals surface area contributed by atoms with Crippen molar-refractivity contribution in [3.63, 3.8) is 0 Å². The number of aryl methyl sites for hydroxylation is 1. The minimum Gasteiger partial charge on any atom is -0.339 e. The lowest BCUT2D eigenvalue weighted by Crippen LogP contribution is -2.51. The van der Waals surface area contributed by atoms with Gasteiger partial charge in [-0.05, 0) is 18.4 Å². The minimum absolute atomic E-state index is 0.0259. The van der Waals surface area contributed by atoms with Gasteiger partial charge in [0.15, 0.2) is 0 Å². The molecule has 27 heavy (non-hydrogen) atoms. The number of benzene rings is 1. The van der Waals surface area contributed by atoms with Crippen molar-refractivity contribution in [2.45, 2.75) is 38.3 Å². The summed E-state index contributed by atoms with van der Waals surface area (Å²) in [6.45, 7) is 10.7. The van der Waals surface area contributed by atoms with E-state index in [1.807, 2.05) is 13.0 Å². The normalized spacial score (nSPS) is 16.7. The van der Waals surface area contributed by atoms with Crippen LogP contribution >= 0.6 is 23.1 Å². The van der Waals surface area contributed by atoms with Crippen LogP contribution in [0.5, 0.6) is 0 Å². The Bertz CT molecular complexity index is 724. The average Bonchev–Trinajstić information content (AvgIpc) is 3.07. The van der Waals surface area contributed by atoms with E-state index in [9.17, 15) is 4.79 Å². The zero-order valence-corrected chi connectivity index (χ0v) is 18.1. The average molecular weight is 404 g/mol. The standard InChI is InChI=1S/C21H29N3OS2/c1-16(2)20(27-14-18-7-5-4-6-8-18)21(25)24-11-9-23(10-12-24)13-19-15-26-17(3)22-19/h4-8,15-16,20H,9-14H2,1-3H3/t20-/m0/s1. The molecule has 0 saturated carbocycles. The van der Waals surface area contributed by atoms with Crippen LogP contribution in [0, 0.1) is 12.8 Å². The number of thiazole rings is 1. The lowest BCUT2D eigenvalue weighted by atomic mass is 10.1. The predicted molar refractivity (Wildman–Crippen MR) is 115 cm³/mol. The first-order valence-corrected chi connectivity index (χ1v) is 11.5. The molecule has 6 heteroatoms. The minimum atomic E-state index is 0.0259. The van der Waals surface area contributed by atoms with Gasteiger partial charge in [-0.15, -0.1) is 23.1 Å². The number of hydrogen-bond donors (Lipinski definition) is 0. The van der Waals surface area contributed by atoms with Crippen LogP contribution in [0.2, 0.25) is 0 Å². The largest absolute Gasteiger partial charge is 0.339 e. The maximum Gasteiger partial charge on any atom is 0.236 e. The van der Waals surface area contributed by atoms with Crippen LogP contribution in [0.15, 0.2) is 35.7 Å². The number of piperazine rings is 1. The molecule has 4 nitrogen and oxygen atoms in total. The molecular formula is C21H29N3OS2. The zero-order chi connectivity index (χ0) is 19.2. The molecular weight excluding hydrogens is 374 g/mol. The molecule has 0 spiro atoms. The first kappa shape index (κ1) is 20.4. The van der Waals surface area contributed by atoms with Crippen LogP contribution in [0.4, 0.5) is 0 Å². The number of carbonyl (C=O) groups is 1. The molecule has 1 fully saturated rings. The second kappa shape index (κ2) is 9.71. The fourth-order valence-electron chi connectivity index (χ4n) is 3.33. The molecule has 3 rings (SSSR count). The van der Waals surface area contributed by atoms with Gasteiger partial charge in [-0.1, -0.05) is 44.2 Å². The van der Waals surface area contributed by atoms with E-state index >= 15 is 0 Å². The summed E-state index contributed by atoms with van der Waals surface area (Å²) >= 11 is 3.48. The van der Waals surface area contributed by atoms with Crippen LogP contribution in [0.1, 0.15) is 30.1 Å². The van der Waals surface area contributed by atoms with E-state index in [-0.39, 0.29) is 5.25 Å². The van der Waals surface area contributed by atoms with E-state index < -0.39 is 0 Å². The third kappa shape index (κ3) is 5.80. The van der Waals surface area contributed by atoms with Gasteiger partial charge in [-0.2, -0.15) is 0 Å². The first-order valence-electron chi connectivity index (χ1n) is 9.60. The van der Waals surface area contributed by atoms with Gasteiger partial charge in [-0.3, -0.25) is 9.69 Å². The Hall–Kier alpha value is -1.37. The topological polar surface area (TPSA) is 36.4 Å². The number of thioether (sulfide) groups is 1. The highest BCUT2D eigenvalue weighted by Crippen LogP contribution is 2.26. The number of hydrogen-bond acceptors (Lipinski definition) is 5. The van der Waals surface area contributed by atoms with Gasteiger partial charge in [-0.25, -0.2) is 4.98 Å². The lowest BCUT2D eigenvalue weighted by Gasteiger charge is -2.36. The lowest BCUT2D eigenvalue weighted by molar-refractivity contribution is -0.133. The van der Waals surface area contributed by atoms with Crippen molar-refractivity contribution in [1.29, 1.82) is 0 Å². The molecule has 2 aromatic rings. The highest BCUT2D eigenvalue weighted by Gasteiger charge is 2.30. The van der Waals surface area contributed by atoms with Gasteiger partial charge in [0, 0.05) is 43.9 Å². The monoisotopic (exact) mass is 403 g/mol. The Kier molecular flexibility index (Phi) is 7.33. The van der Waals surface area contributed by atoms with Crippen LogP contribution in [0.3, 0.4) is 0 Å². The van der Waals surface area contributed by atoms with E-state index in [0.29, 0.717) is 11.8 Å². The molecule has 0 radical (unpaired) electrons. The van der Waals surface area contributed by atoms with Gasteiger partial charge in [0.2, 0.25) is 5.91 Å². The van der Waals surface area contributed by atoms with Crippen molar-refractivity contribution in [2.75, 3.05) is 26.2 Å². The maximum absolute atomic E-state index is 13.1. The van der Waals surface area contributed by atoms with Crippen LogP contribution in [0.25, 0.3) is 0 Å². The van der Waals surface area contributed by atoms with Gasteiger partial charge in [0.05, 0.1) is 16.0 Å².